The minimum atomic E-state index is -0.968. The molecule has 1 aliphatic rings. The van der Waals surface area contributed by atoms with Crippen molar-refractivity contribution in [1.82, 2.24) is 14.9 Å². The molecule has 3 heterocycles. The van der Waals surface area contributed by atoms with Crippen molar-refractivity contribution in [3.05, 3.63) is 97.8 Å². The summed E-state index contributed by atoms with van der Waals surface area (Å²) >= 11 is 12.3. The molecule has 2 N–H and O–H groups in total. The number of rotatable bonds is 5. The average Bonchev–Trinajstić information content (AvgIpc) is 3.21. The van der Waals surface area contributed by atoms with Crippen molar-refractivity contribution in [1.29, 1.82) is 0 Å². The summed E-state index contributed by atoms with van der Waals surface area (Å²) in [6, 6.07) is 10.4. The van der Waals surface area contributed by atoms with Gasteiger partial charge in [-0.05, 0) is 36.4 Å². The van der Waals surface area contributed by atoms with Crippen LogP contribution in [0.3, 0.4) is 0 Å². The van der Waals surface area contributed by atoms with E-state index in [0.29, 0.717) is 21.7 Å². The fourth-order valence-corrected chi connectivity index (χ4v) is 4.77. The number of aromatic nitrogens is 2. The third-order valence-electron chi connectivity index (χ3n) is 6.12. The predicted octanol–water partition coefficient (Wildman–Crippen LogP) is 4.00. The van der Waals surface area contributed by atoms with E-state index in [0.717, 1.165) is 22.9 Å². The Hall–Kier alpha value is -3.86. The van der Waals surface area contributed by atoms with E-state index in [4.69, 9.17) is 23.2 Å². The molecule has 12 heteroatoms. The van der Waals surface area contributed by atoms with Crippen LogP contribution in [0.4, 0.5) is 14.6 Å². The number of pyridine rings is 2. The highest BCUT2D eigenvalue weighted by Gasteiger charge is 2.30. The SMILES string of the molecule is O=C(NCc1c(Cl)cccc1Cl)c1cn(-c2ccc(F)cc2F)c2nc(N3CC(O)CC3=O)ccc2c1=O. The molecular weight excluding hydrogens is 541 g/mol. The fourth-order valence-electron chi connectivity index (χ4n) is 4.24. The fraction of sp³-hybridized carbons (Fsp3) is 0.154. The molecule has 4 aromatic rings. The lowest BCUT2D eigenvalue weighted by atomic mass is 10.1. The van der Waals surface area contributed by atoms with Crippen LogP contribution in [0, 0.1) is 11.6 Å². The number of aliphatic hydroxyl groups excluding tert-OH is 1. The molecule has 2 aromatic heterocycles. The molecule has 1 saturated heterocycles. The third kappa shape index (κ3) is 4.73. The van der Waals surface area contributed by atoms with Crippen LogP contribution in [0.2, 0.25) is 10.0 Å². The summed E-state index contributed by atoms with van der Waals surface area (Å²) in [4.78, 5) is 44.4. The summed E-state index contributed by atoms with van der Waals surface area (Å²) in [5, 5.41) is 13.0. The highest BCUT2D eigenvalue weighted by atomic mass is 35.5. The number of fused-ring (bicyclic) bond motifs is 1. The Labute approximate surface area is 224 Å². The Bertz CT molecular complexity index is 1660. The number of benzene rings is 2. The van der Waals surface area contributed by atoms with Gasteiger partial charge in [0.25, 0.3) is 5.91 Å². The van der Waals surface area contributed by atoms with E-state index in [1.165, 1.54) is 17.0 Å². The Morgan fingerprint density at radius 3 is 2.50 bits per heavy atom. The molecule has 2 amide bonds. The van der Waals surface area contributed by atoms with Crippen molar-refractivity contribution in [2.75, 3.05) is 11.4 Å². The number of hydrogen-bond acceptors (Lipinski definition) is 5. The minimum absolute atomic E-state index is 0.00240. The lowest BCUT2D eigenvalue weighted by Crippen LogP contribution is -2.30. The topological polar surface area (TPSA) is 105 Å². The summed E-state index contributed by atoms with van der Waals surface area (Å²) < 4.78 is 29.7. The molecule has 194 valence electrons. The van der Waals surface area contributed by atoms with Crippen molar-refractivity contribution < 1.29 is 23.5 Å². The van der Waals surface area contributed by atoms with E-state index in [2.05, 4.69) is 10.3 Å². The van der Waals surface area contributed by atoms with Gasteiger partial charge in [-0.3, -0.25) is 23.9 Å². The molecule has 0 radical (unpaired) electrons. The molecule has 8 nitrogen and oxygen atoms in total. The molecular formula is C26H18Cl2F2N4O4. The van der Waals surface area contributed by atoms with Crippen LogP contribution in [0.25, 0.3) is 16.7 Å². The standard InChI is InChI=1S/C26H18Cl2F2N4O4/c27-18-2-1-3-19(28)16(18)10-31-26(38)17-12-33(21-6-4-13(29)8-20(21)30)25-15(24(17)37)5-7-22(32-25)34-11-14(35)9-23(34)36/h1-8,12,14,35H,9-11H2,(H,31,38). The first-order chi connectivity index (χ1) is 18.1. The Balaban J connectivity index is 1.63. The molecule has 0 spiro atoms. The van der Waals surface area contributed by atoms with Crippen molar-refractivity contribution in [3.8, 4) is 5.69 Å². The summed E-state index contributed by atoms with van der Waals surface area (Å²) in [5.74, 6) is -2.83. The highest BCUT2D eigenvalue weighted by molar-refractivity contribution is 6.36. The zero-order valence-electron chi connectivity index (χ0n) is 19.4. The monoisotopic (exact) mass is 558 g/mol. The summed E-state index contributed by atoms with van der Waals surface area (Å²) in [7, 11) is 0. The van der Waals surface area contributed by atoms with Gasteiger partial charge in [0.15, 0.2) is 5.65 Å². The van der Waals surface area contributed by atoms with Crippen molar-refractivity contribution in [3.63, 3.8) is 0 Å². The first-order valence-electron chi connectivity index (χ1n) is 11.4. The zero-order chi connectivity index (χ0) is 27.1. The van der Waals surface area contributed by atoms with Gasteiger partial charge in [-0.2, -0.15) is 0 Å². The molecule has 2 aromatic carbocycles. The number of carbonyl (C=O) groups excluding carboxylic acids is 2. The average molecular weight is 559 g/mol. The van der Waals surface area contributed by atoms with Crippen molar-refractivity contribution >= 4 is 51.9 Å². The predicted molar refractivity (Wildman–Crippen MR) is 138 cm³/mol. The van der Waals surface area contributed by atoms with Gasteiger partial charge >= 0.3 is 0 Å². The Morgan fingerprint density at radius 2 is 1.84 bits per heavy atom. The van der Waals surface area contributed by atoms with Crippen LogP contribution in [0.5, 0.6) is 0 Å². The van der Waals surface area contributed by atoms with Crippen LogP contribution in [0.1, 0.15) is 22.3 Å². The van der Waals surface area contributed by atoms with Gasteiger partial charge < -0.3 is 10.4 Å². The number of carbonyl (C=O) groups is 2. The van der Waals surface area contributed by atoms with Crippen LogP contribution in [-0.4, -0.2) is 39.1 Å². The molecule has 0 saturated carbocycles. The molecule has 0 aliphatic carbocycles. The van der Waals surface area contributed by atoms with Gasteiger partial charge in [-0.1, -0.05) is 29.3 Å². The maximum absolute atomic E-state index is 14.9. The number of nitrogens with one attached hydrogen (secondary N) is 1. The van der Waals surface area contributed by atoms with Gasteiger partial charge in [0.2, 0.25) is 11.3 Å². The van der Waals surface area contributed by atoms with Gasteiger partial charge in [-0.15, -0.1) is 0 Å². The quantitative estimate of drug-likeness (QED) is 0.385. The van der Waals surface area contributed by atoms with Gasteiger partial charge in [0.1, 0.15) is 23.0 Å². The van der Waals surface area contributed by atoms with E-state index in [9.17, 15) is 28.3 Å². The van der Waals surface area contributed by atoms with Crippen LogP contribution in [-0.2, 0) is 11.3 Å². The number of amides is 2. The number of hydrogen-bond donors (Lipinski definition) is 2. The first-order valence-corrected chi connectivity index (χ1v) is 12.1. The maximum atomic E-state index is 14.9. The molecule has 5 rings (SSSR count). The smallest absolute Gasteiger partial charge is 0.257 e. The minimum Gasteiger partial charge on any atom is -0.391 e. The summed E-state index contributed by atoms with van der Waals surface area (Å²) in [6.07, 6.45) is 0.129. The Morgan fingerprint density at radius 1 is 1.11 bits per heavy atom. The molecule has 38 heavy (non-hydrogen) atoms. The molecule has 0 bridgehead atoms. The van der Waals surface area contributed by atoms with E-state index in [1.807, 2.05) is 0 Å². The summed E-state index contributed by atoms with van der Waals surface area (Å²) in [5.41, 5.74) is -0.853. The van der Waals surface area contributed by atoms with Gasteiger partial charge in [-0.25, -0.2) is 13.8 Å². The number of anilines is 1. The van der Waals surface area contributed by atoms with Crippen LogP contribution >= 0.6 is 23.2 Å². The van der Waals surface area contributed by atoms with E-state index in [-0.39, 0.29) is 53.5 Å². The second-order valence-electron chi connectivity index (χ2n) is 8.62. The van der Waals surface area contributed by atoms with E-state index in [1.54, 1.807) is 18.2 Å². The lowest BCUT2D eigenvalue weighted by molar-refractivity contribution is -0.117. The van der Waals surface area contributed by atoms with Gasteiger partial charge in [0, 0.05) is 34.4 Å². The molecule has 1 unspecified atom stereocenters. The maximum Gasteiger partial charge on any atom is 0.257 e. The molecule has 1 atom stereocenters. The molecule has 1 fully saturated rings. The van der Waals surface area contributed by atoms with Crippen LogP contribution in [0.15, 0.2) is 59.5 Å². The molecule has 1 aliphatic heterocycles. The van der Waals surface area contributed by atoms with Crippen molar-refractivity contribution in [2.24, 2.45) is 0 Å². The normalized spacial score (nSPS) is 15.3. The van der Waals surface area contributed by atoms with Gasteiger partial charge in [0.05, 0.1) is 30.1 Å². The second kappa shape index (κ2) is 10.1. The van der Waals surface area contributed by atoms with Crippen molar-refractivity contribution in [2.45, 2.75) is 19.1 Å². The number of halogens is 4. The van der Waals surface area contributed by atoms with Crippen LogP contribution < -0.4 is 15.6 Å². The lowest BCUT2D eigenvalue weighted by Gasteiger charge is -2.18. The summed E-state index contributed by atoms with van der Waals surface area (Å²) in [6.45, 7) is -0.0894. The second-order valence-corrected chi connectivity index (χ2v) is 9.44. The highest BCUT2D eigenvalue weighted by Crippen LogP contribution is 2.26. The van der Waals surface area contributed by atoms with E-state index >= 15 is 0 Å². The first kappa shape index (κ1) is 25.8. The zero-order valence-corrected chi connectivity index (χ0v) is 20.9. The Kier molecular flexibility index (Phi) is 6.87. The number of nitrogens with zero attached hydrogens (tertiary/aromatic N) is 3. The number of aliphatic hydroxyl groups is 1. The third-order valence-corrected chi connectivity index (χ3v) is 6.83. The van der Waals surface area contributed by atoms with E-state index < -0.39 is 29.1 Å². The largest absolute Gasteiger partial charge is 0.391 e. The number of β-amino-alcohol motifs (C(OH)–C–C–N with tert-alkyl or cyclic N) is 1.